The first-order valence-electron chi connectivity index (χ1n) is 8.11. The van der Waals surface area contributed by atoms with Gasteiger partial charge in [-0.2, -0.15) is 0 Å². The average Bonchev–Trinajstić information content (AvgIpc) is 3.01. The second-order valence-electron chi connectivity index (χ2n) is 6.16. The van der Waals surface area contributed by atoms with E-state index in [2.05, 4.69) is 30.5 Å². The molecule has 24 heavy (non-hydrogen) atoms. The van der Waals surface area contributed by atoms with Crippen molar-refractivity contribution in [2.75, 3.05) is 23.3 Å². The zero-order valence-corrected chi connectivity index (χ0v) is 13.9. The average molecular weight is 323 g/mol. The predicted molar refractivity (Wildman–Crippen MR) is 95.7 cm³/mol. The molecule has 1 aliphatic heterocycles. The molecular weight excluding hydrogens is 302 g/mol. The van der Waals surface area contributed by atoms with Crippen molar-refractivity contribution >= 4 is 23.3 Å². The molecule has 1 heterocycles. The number of carbonyl (C=O) groups is 2. The lowest BCUT2D eigenvalue weighted by Gasteiger charge is -2.14. The minimum atomic E-state index is -0.159. The fourth-order valence-corrected chi connectivity index (χ4v) is 2.69. The lowest BCUT2D eigenvalue weighted by molar-refractivity contribution is 0.102. The Morgan fingerprint density at radius 2 is 1.92 bits per heavy atom. The molecule has 124 valence electrons. The molecule has 2 N–H and O–H groups in total. The van der Waals surface area contributed by atoms with Crippen LogP contribution in [0.3, 0.4) is 0 Å². The summed E-state index contributed by atoms with van der Waals surface area (Å²) < 4.78 is 0. The van der Waals surface area contributed by atoms with E-state index >= 15 is 0 Å². The molecule has 1 saturated heterocycles. The number of nitrogens with one attached hydrogen (secondary N) is 2. The Hall–Kier alpha value is -2.82. The van der Waals surface area contributed by atoms with Crippen LogP contribution in [-0.2, 0) is 0 Å². The molecule has 1 aliphatic rings. The molecular formula is C19H21N3O2. The van der Waals surface area contributed by atoms with Crippen molar-refractivity contribution in [2.24, 2.45) is 0 Å². The summed E-state index contributed by atoms with van der Waals surface area (Å²) in [5.41, 5.74) is 3.33. The molecule has 2 aromatic carbocycles. The van der Waals surface area contributed by atoms with Gasteiger partial charge in [-0.1, -0.05) is 26.0 Å². The van der Waals surface area contributed by atoms with E-state index in [0.29, 0.717) is 24.6 Å². The molecule has 0 aliphatic carbocycles. The molecule has 1 fully saturated rings. The minimum Gasteiger partial charge on any atom is -0.336 e. The molecule has 0 atom stereocenters. The molecule has 2 aromatic rings. The number of nitrogens with zero attached hydrogens (tertiary/aromatic N) is 1. The summed E-state index contributed by atoms with van der Waals surface area (Å²) in [7, 11) is 0. The van der Waals surface area contributed by atoms with Crippen LogP contribution < -0.4 is 15.5 Å². The number of urea groups is 1. The van der Waals surface area contributed by atoms with Crippen molar-refractivity contribution in [1.82, 2.24) is 5.32 Å². The van der Waals surface area contributed by atoms with Crippen LogP contribution in [0.4, 0.5) is 16.2 Å². The van der Waals surface area contributed by atoms with Gasteiger partial charge >= 0.3 is 6.03 Å². The van der Waals surface area contributed by atoms with Crippen LogP contribution in [0.15, 0.2) is 48.5 Å². The number of hydrogen-bond donors (Lipinski definition) is 2. The Morgan fingerprint density at radius 3 is 2.54 bits per heavy atom. The fraction of sp³-hybridized carbons (Fsp3) is 0.263. The topological polar surface area (TPSA) is 61.4 Å². The summed E-state index contributed by atoms with van der Waals surface area (Å²) in [5, 5.41) is 5.68. The first-order valence-corrected chi connectivity index (χ1v) is 8.11. The monoisotopic (exact) mass is 323 g/mol. The van der Waals surface area contributed by atoms with Crippen molar-refractivity contribution in [3.8, 4) is 0 Å². The second kappa shape index (κ2) is 6.74. The van der Waals surface area contributed by atoms with E-state index in [0.717, 1.165) is 11.4 Å². The Labute approximate surface area is 141 Å². The van der Waals surface area contributed by atoms with E-state index in [-0.39, 0.29) is 11.9 Å². The number of anilines is 2. The van der Waals surface area contributed by atoms with Crippen LogP contribution in [-0.4, -0.2) is 25.0 Å². The smallest absolute Gasteiger partial charge is 0.321 e. The van der Waals surface area contributed by atoms with Crippen molar-refractivity contribution in [3.63, 3.8) is 0 Å². The Morgan fingerprint density at radius 1 is 1.17 bits per heavy atom. The zero-order chi connectivity index (χ0) is 17.1. The molecule has 0 aromatic heterocycles. The van der Waals surface area contributed by atoms with E-state index < -0.39 is 0 Å². The number of carbonyl (C=O) groups excluding carboxylic acids is 2. The quantitative estimate of drug-likeness (QED) is 0.903. The van der Waals surface area contributed by atoms with Crippen LogP contribution in [0.2, 0.25) is 0 Å². The number of rotatable bonds is 4. The molecule has 0 saturated carbocycles. The highest BCUT2D eigenvalue weighted by atomic mass is 16.2. The van der Waals surface area contributed by atoms with Crippen molar-refractivity contribution in [3.05, 3.63) is 59.7 Å². The van der Waals surface area contributed by atoms with Gasteiger partial charge in [-0.3, -0.25) is 9.69 Å². The fourth-order valence-electron chi connectivity index (χ4n) is 2.69. The van der Waals surface area contributed by atoms with Gasteiger partial charge in [0, 0.05) is 30.0 Å². The van der Waals surface area contributed by atoms with Crippen molar-refractivity contribution in [2.45, 2.75) is 19.8 Å². The number of benzene rings is 2. The maximum atomic E-state index is 12.4. The third-order valence-electron chi connectivity index (χ3n) is 4.11. The second-order valence-corrected chi connectivity index (χ2v) is 6.16. The molecule has 5 heteroatoms. The summed E-state index contributed by atoms with van der Waals surface area (Å²) in [6.07, 6.45) is 0. The lowest BCUT2D eigenvalue weighted by atomic mass is 10.0. The van der Waals surface area contributed by atoms with Gasteiger partial charge in [0.2, 0.25) is 0 Å². The van der Waals surface area contributed by atoms with E-state index in [1.54, 1.807) is 29.2 Å². The van der Waals surface area contributed by atoms with Gasteiger partial charge < -0.3 is 10.6 Å². The van der Waals surface area contributed by atoms with Crippen LogP contribution in [0.1, 0.15) is 35.7 Å². The summed E-state index contributed by atoms with van der Waals surface area (Å²) in [6, 6.07) is 14.8. The maximum absolute atomic E-state index is 12.4. The van der Waals surface area contributed by atoms with Gasteiger partial charge in [0.15, 0.2) is 0 Å². The van der Waals surface area contributed by atoms with Gasteiger partial charge in [0.05, 0.1) is 0 Å². The Balaban J connectivity index is 1.71. The molecule has 3 rings (SSSR count). The van der Waals surface area contributed by atoms with Gasteiger partial charge in [0.1, 0.15) is 0 Å². The Kier molecular flexibility index (Phi) is 4.51. The summed E-state index contributed by atoms with van der Waals surface area (Å²) in [6.45, 7) is 5.53. The first kappa shape index (κ1) is 16.1. The van der Waals surface area contributed by atoms with E-state index in [4.69, 9.17) is 0 Å². The van der Waals surface area contributed by atoms with Gasteiger partial charge in [0.25, 0.3) is 5.91 Å². The molecule has 3 amide bonds. The lowest BCUT2D eigenvalue weighted by Crippen LogP contribution is -2.27. The molecule has 0 bridgehead atoms. The highest BCUT2D eigenvalue weighted by Crippen LogP contribution is 2.20. The molecule has 0 radical (unpaired) electrons. The molecule has 0 unspecified atom stereocenters. The van der Waals surface area contributed by atoms with Gasteiger partial charge in [-0.15, -0.1) is 0 Å². The van der Waals surface area contributed by atoms with Crippen LogP contribution in [0, 0.1) is 0 Å². The van der Waals surface area contributed by atoms with Crippen LogP contribution >= 0.6 is 0 Å². The third kappa shape index (κ3) is 3.40. The third-order valence-corrected chi connectivity index (χ3v) is 4.11. The Bertz CT molecular complexity index is 753. The summed E-state index contributed by atoms with van der Waals surface area (Å²) in [4.78, 5) is 25.7. The molecule has 5 nitrogen and oxygen atoms in total. The van der Waals surface area contributed by atoms with Crippen LogP contribution in [0.5, 0.6) is 0 Å². The van der Waals surface area contributed by atoms with Crippen molar-refractivity contribution in [1.29, 1.82) is 0 Å². The van der Waals surface area contributed by atoms with E-state index in [1.165, 1.54) is 5.56 Å². The molecule has 0 spiro atoms. The van der Waals surface area contributed by atoms with Crippen LogP contribution in [0.25, 0.3) is 0 Å². The summed E-state index contributed by atoms with van der Waals surface area (Å²) in [5.74, 6) is 0.251. The van der Waals surface area contributed by atoms with E-state index in [1.807, 2.05) is 18.2 Å². The minimum absolute atomic E-state index is 0.0994. The highest BCUT2D eigenvalue weighted by molar-refractivity contribution is 6.04. The number of hydrogen-bond acceptors (Lipinski definition) is 2. The van der Waals surface area contributed by atoms with Crippen molar-refractivity contribution < 1.29 is 9.59 Å². The number of amides is 3. The SMILES string of the molecule is CC(C)c1cccc(NC(=O)c2ccc(N3CCNC3=O)cc2)c1. The summed E-state index contributed by atoms with van der Waals surface area (Å²) >= 11 is 0. The van der Waals surface area contributed by atoms with E-state index in [9.17, 15) is 9.59 Å². The zero-order valence-electron chi connectivity index (χ0n) is 13.9. The largest absolute Gasteiger partial charge is 0.336 e. The standard InChI is InChI=1S/C19H21N3O2/c1-13(2)15-4-3-5-16(12-15)21-18(23)14-6-8-17(9-7-14)22-11-10-20-19(22)24/h3-9,12-13H,10-11H2,1-2H3,(H,20,24)(H,21,23). The predicted octanol–water partition coefficient (Wildman–Crippen LogP) is 3.59. The maximum Gasteiger partial charge on any atom is 0.321 e. The highest BCUT2D eigenvalue weighted by Gasteiger charge is 2.21. The first-order chi connectivity index (χ1) is 11.5. The normalized spacial score (nSPS) is 14.0. The van der Waals surface area contributed by atoms with Gasteiger partial charge in [-0.25, -0.2) is 4.79 Å². The van der Waals surface area contributed by atoms with Gasteiger partial charge in [-0.05, 0) is 47.9 Å².